The van der Waals surface area contributed by atoms with Crippen LogP contribution in [0.1, 0.15) is 12.8 Å². The summed E-state index contributed by atoms with van der Waals surface area (Å²) in [6, 6.07) is -0.447. The maximum atomic E-state index is 11.1. The van der Waals surface area contributed by atoms with Gasteiger partial charge in [0.2, 0.25) is 5.91 Å². The van der Waals surface area contributed by atoms with Gasteiger partial charge in [-0.05, 0) is 6.42 Å². The molecule has 0 aliphatic carbocycles. The zero-order chi connectivity index (χ0) is 8.97. The van der Waals surface area contributed by atoms with Crippen molar-refractivity contribution in [3.63, 3.8) is 0 Å². The molecule has 4 nitrogen and oxygen atoms in total. The molecular formula is C8H11NO3. The number of hydrogen-bond donors (Lipinski definition) is 1. The predicted octanol–water partition coefficient (Wildman–Crippen LogP) is -0.00580. The maximum absolute atomic E-state index is 11.1. The summed E-state index contributed by atoms with van der Waals surface area (Å²) in [5.41, 5.74) is 0. The SMILES string of the molecule is C=CCOC(=O)[C@@H]1CCC(=O)N1. The number of amides is 1. The molecule has 0 aromatic rings. The Morgan fingerprint density at radius 2 is 2.58 bits per heavy atom. The van der Waals surface area contributed by atoms with Crippen molar-refractivity contribution >= 4 is 11.9 Å². The second kappa shape index (κ2) is 3.90. The average Bonchev–Trinajstić information content (AvgIpc) is 2.47. The van der Waals surface area contributed by atoms with Crippen LogP contribution in [0.15, 0.2) is 12.7 Å². The van der Waals surface area contributed by atoms with Crippen molar-refractivity contribution in [1.82, 2.24) is 5.32 Å². The number of ether oxygens (including phenoxy) is 1. The fourth-order valence-electron chi connectivity index (χ4n) is 1.03. The first-order valence-corrected chi connectivity index (χ1v) is 3.81. The largest absolute Gasteiger partial charge is 0.460 e. The molecule has 1 heterocycles. The molecule has 66 valence electrons. The maximum Gasteiger partial charge on any atom is 0.328 e. The van der Waals surface area contributed by atoms with E-state index in [2.05, 4.69) is 11.9 Å². The van der Waals surface area contributed by atoms with E-state index >= 15 is 0 Å². The molecule has 0 saturated carbocycles. The van der Waals surface area contributed by atoms with Crippen LogP contribution in [0.25, 0.3) is 0 Å². The van der Waals surface area contributed by atoms with Crippen molar-refractivity contribution in [3.05, 3.63) is 12.7 Å². The van der Waals surface area contributed by atoms with E-state index in [1.54, 1.807) is 0 Å². The highest BCUT2D eigenvalue weighted by molar-refractivity contribution is 5.88. The molecule has 1 saturated heterocycles. The van der Waals surface area contributed by atoms with Gasteiger partial charge in [-0.25, -0.2) is 4.79 Å². The molecule has 0 spiro atoms. The topological polar surface area (TPSA) is 55.4 Å². The lowest BCUT2D eigenvalue weighted by Crippen LogP contribution is -2.34. The summed E-state index contributed by atoms with van der Waals surface area (Å²) in [5, 5.41) is 2.51. The molecule has 1 N–H and O–H groups in total. The van der Waals surface area contributed by atoms with E-state index in [9.17, 15) is 9.59 Å². The summed E-state index contributed by atoms with van der Waals surface area (Å²) in [6.07, 6.45) is 2.44. The fourth-order valence-corrected chi connectivity index (χ4v) is 1.03. The molecule has 1 aliphatic rings. The van der Waals surface area contributed by atoms with Crippen LogP contribution < -0.4 is 5.32 Å². The van der Waals surface area contributed by atoms with Crippen LogP contribution in [0, 0.1) is 0 Å². The van der Waals surface area contributed by atoms with Crippen LogP contribution in [-0.4, -0.2) is 24.5 Å². The second-order valence-corrected chi connectivity index (χ2v) is 2.58. The average molecular weight is 169 g/mol. The first-order chi connectivity index (χ1) is 5.74. The van der Waals surface area contributed by atoms with Gasteiger partial charge in [0.25, 0.3) is 0 Å². The van der Waals surface area contributed by atoms with Gasteiger partial charge >= 0.3 is 5.97 Å². The molecule has 0 aromatic heterocycles. The third-order valence-electron chi connectivity index (χ3n) is 1.62. The number of carbonyl (C=O) groups is 2. The first kappa shape index (κ1) is 8.77. The van der Waals surface area contributed by atoms with Gasteiger partial charge in [0.1, 0.15) is 12.6 Å². The molecule has 1 amide bonds. The Hall–Kier alpha value is -1.32. The zero-order valence-corrected chi connectivity index (χ0v) is 6.71. The number of rotatable bonds is 3. The highest BCUT2D eigenvalue weighted by atomic mass is 16.5. The van der Waals surface area contributed by atoms with Gasteiger partial charge in [-0.2, -0.15) is 0 Å². The highest BCUT2D eigenvalue weighted by Crippen LogP contribution is 2.07. The van der Waals surface area contributed by atoms with Gasteiger partial charge in [0, 0.05) is 6.42 Å². The Balaban J connectivity index is 2.32. The normalized spacial score (nSPS) is 21.7. The first-order valence-electron chi connectivity index (χ1n) is 3.81. The van der Waals surface area contributed by atoms with E-state index in [0.717, 1.165) is 0 Å². The molecule has 1 aliphatic heterocycles. The van der Waals surface area contributed by atoms with E-state index in [1.165, 1.54) is 6.08 Å². The minimum Gasteiger partial charge on any atom is -0.460 e. The molecule has 0 unspecified atom stereocenters. The molecule has 0 radical (unpaired) electrons. The Morgan fingerprint density at radius 1 is 1.83 bits per heavy atom. The minimum atomic E-state index is -0.447. The van der Waals surface area contributed by atoms with Crippen molar-refractivity contribution in [2.75, 3.05) is 6.61 Å². The lowest BCUT2D eigenvalue weighted by atomic mass is 10.2. The zero-order valence-electron chi connectivity index (χ0n) is 6.71. The standard InChI is InChI=1S/C8H11NO3/c1-2-5-12-8(11)6-3-4-7(10)9-6/h2,6H,1,3-5H2,(H,9,10)/t6-/m0/s1. The Morgan fingerprint density at radius 3 is 3.08 bits per heavy atom. The Bertz CT molecular complexity index is 212. The summed E-state index contributed by atoms with van der Waals surface area (Å²) in [6.45, 7) is 3.61. The molecule has 12 heavy (non-hydrogen) atoms. The molecule has 1 fully saturated rings. The molecule has 4 heteroatoms. The van der Waals surface area contributed by atoms with Crippen LogP contribution >= 0.6 is 0 Å². The van der Waals surface area contributed by atoms with Gasteiger partial charge in [-0.3, -0.25) is 4.79 Å². The van der Waals surface area contributed by atoms with Crippen molar-refractivity contribution in [2.24, 2.45) is 0 Å². The van der Waals surface area contributed by atoms with Crippen molar-refractivity contribution in [2.45, 2.75) is 18.9 Å². The van der Waals surface area contributed by atoms with E-state index in [4.69, 9.17) is 4.74 Å². The summed E-state index contributed by atoms with van der Waals surface area (Å²) < 4.78 is 4.75. The number of nitrogens with one attached hydrogen (secondary N) is 1. The van der Waals surface area contributed by atoms with Crippen LogP contribution in [-0.2, 0) is 14.3 Å². The van der Waals surface area contributed by atoms with E-state index in [1.807, 2.05) is 0 Å². The van der Waals surface area contributed by atoms with Gasteiger partial charge in [0.15, 0.2) is 0 Å². The molecule has 1 atom stereocenters. The number of esters is 1. The predicted molar refractivity (Wildman–Crippen MR) is 42.3 cm³/mol. The fraction of sp³-hybridized carbons (Fsp3) is 0.500. The summed E-state index contributed by atoms with van der Waals surface area (Å²) in [7, 11) is 0. The highest BCUT2D eigenvalue weighted by Gasteiger charge is 2.27. The van der Waals surface area contributed by atoms with Gasteiger partial charge in [-0.15, -0.1) is 0 Å². The summed E-state index contributed by atoms with van der Waals surface area (Å²) in [5.74, 6) is -0.462. The molecule has 0 bridgehead atoms. The van der Waals surface area contributed by atoms with Crippen molar-refractivity contribution in [3.8, 4) is 0 Å². The summed E-state index contributed by atoms with van der Waals surface area (Å²) in [4.78, 5) is 21.8. The number of hydrogen-bond acceptors (Lipinski definition) is 3. The number of carbonyl (C=O) groups excluding carboxylic acids is 2. The summed E-state index contributed by atoms with van der Waals surface area (Å²) >= 11 is 0. The van der Waals surface area contributed by atoms with Crippen molar-refractivity contribution < 1.29 is 14.3 Å². The van der Waals surface area contributed by atoms with Crippen molar-refractivity contribution in [1.29, 1.82) is 0 Å². The Kier molecular flexibility index (Phi) is 2.85. The second-order valence-electron chi connectivity index (χ2n) is 2.58. The van der Waals surface area contributed by atoms with Gasteiger partial charge in [-0.1, -0.05) is 12.7 Å². The quantitative estimate of drug-likeness (QED) is 0.477. The van der Waals surface area contributed by atoms with E-state index in [-0.39, 0.29) is 18.5 Å². The minimum absolute atomic E-state index is 0.0875. The lowest BCUT2D eigenvalue weighted by molar-refractivity contribution is -0.145. The molecule has 0 aromatic carbocycles. The van der Waals surface area contributed by atoms with Gasteiger partial charge in [0.05, 0.1) is 0 Å². The van der Waals surface area contributed by atoms with E-state index < -0.39 is 6.04 Å². The van der Waals surface area contributed by atoms with Gasteiger partial charge < -0.3 is 10.1 Å². The van der Waals surface area contributed by atoms with Crippen LogP contribution in [0.2, 0.25) is 0 Å². The monoisotopic (exact) mass is 169 g/mol. The molecular weight excluding hydrogens is 158 g/mol. The van der Waals surface area contributed by atoms with Crippen LogP contribution in [0.5, 0.6) is 0 Å². The lowest BCUT2D eigenvalue weighted by Gasteiger charge is -2.07. The third kappa shape index (κ3) is 2.08. The van der Waals surface area contributed by atoms with Crippen LogP contribution in [0.3, 0.4) is 0 Å². The smallest absolute Gasteiger partial charge is 0.328 e. The molecule has 1 rings (SSSR count). The van der Waals surface area contributed by atoms with Crippen LogP contribution in [0.4, 0.5) is 0 Å². The Labute approximate surface area is 70.6 Å². The van der Waals surface area contributed by atoms with E-state index in [0.29, 0.717) is 12.8 Å². The third-order valence-corrected chi connectivity index (χ3v) is 1.62.